The SMILES string of the molecule is CCN(CC)C(=O)C1=C(C)N=c2s/c(=C/c3ccc(C)c(OC)c3)c(=O)n2[C@@H]1c1cc(OC)ccc1OC. The van der Waals surface area contributed by atoms with Gasteiger partial charge >= 0.3 is 0 Å². The standard InChI is InChI=1S/C29H33N3O5S/c1-8-31(9-2)28(34)25-18(4)30-29-32(26(25)21-16-20(35-5)12-13-22(21)36-6)27(33)24(38-29)15-19-11-10-17(3)23(14-19)37-7/h10-16,26H,8-9H2,1-7H3/b24-15+/t26-/m1/s1. The highest BCUT2D eigenvalue weighted by atomic mass is 32.1. The summed E-state index contributed by atoms with van der Waals surface area (Å²) in [6.07, 6.45) is 1.83. The van der Waals surface area contributed by atoms with Crippen LogP contribution in [-0.2, 0) is 4.79 Å². The van der Waals surface area contributed by atoms with E-state index in [0.717, 1.165) is 16.9 Å². The van der Waals surface area contributed by atoms with Crippen molar-refractivity contribution in [3.63, 3.8) is 0 Å². The third-order valence-electron chi connectivity index (χ3n) is 6.76. The van der Waals surface area contributed by atoms with Gasteiger partial charge in [-0.25, -0.2) is 4.99 Å². The van der Waals surface area contributed by atoms with E-state index in [9.17, 15) is 9.59 Å². The van der Waals surface area contributed by atoms with Gasteiger partial charge in [0.2, 0.25) is 0 Å². The van der Waals surface area contributed by atoms with Crippen LogP contribution < -0.4 is 29.1 Å². The summed E-state index contributed by atoms with van der Waals surface area (Å²) in [7, 11) is 4.77. The fourth-order valence-electron chi connectivity index (χ4n) is 4.70. The Balaban J connectivity index is 2.02. The van der Waals surface area contributed by atoms with Crippen LogP contribution in [0.25, 0.3) is 6.08 Å². The molecule has 0 radical (unpaired) electrons. The van der Waals surface area contributed by atoms with Gasteiger partial charge in [0.1, 0.15) is 23.3 Å². The smallest absolute Gasteiger partial charge is 0.271 e. The van der Waals surface area contributed by atoms with E-state index in [1.54, 1.807) is 42.9 Å². The Morgan fingerprint density at radius 3 is 2.37 bits per heavy atom. The maximum atomic E-state index is 14.0. The highest BCUT2D eigenvalue weighted by Crippen LogP contribution is 2.38. The summed E-state index contributed by atoms with van der Waals surface area (Å²) in [5.74, 6) is 1.73. The number of methoxy groups -OCH3 is 3. The topological polar surface area (TPSA) is 82.4 Å². The zero-order chi connectivity index (χ0) is 27.6. The quantitative estimate of drug-likeness (QED) is 0.442. The van der Waals surface area contributed by atoms with Gasteiger partial charge in [-0.3, -0.25) is 14.2 Å². The van der Waals surface area contributed by atoms with E-state index in [-0.39, 0.29) is 11.5 Å². The Morgan fingerprint density at radius 2 is 1.74 bits per heavy atom. The van der Waals surface area contributed by atoms with Gasteiger partial charge in [-0.2, -0.15) is 0 Å². The van der Waals surface area contributed by atoms with E-state index in [1.165, 1.54) is 11.3 Å². The summed E-state index contributed by atoms with van der Waals surface area (Å²) in [4.78, 5) is 34.8. The van der Waals surface area contributed by atoms with E-state index in [4.69, 9.17) is 19.2 Å². The lowest BCUT2D eigenvalue weighted by molar-refractivity contribution is -0.127. The zero-order valence-electron chi connectivity index (χ0n) is 22.8. The van der Waals surface area contributed by atoms with E-state index in [2.05, 4.69) is 0 Å². The molecule has 3 aromatic rings. The fourth-order valence-corrected chi connectivity index (χ4v) is 5.75. The molecule has 1 aliphatic rings. The highest BCUT2D eigenvalue weighted by Gasteiger charge is 2.36. The minimum Gasteiger partial charge on any atom is -0.497 e. The van der Waals surface area contributed by atoms with Crippen molar-refractivity contribution in [2.24, 2.45) is 4.99 Å². The number of nitrogens with zero attached hydrogens (tertiary/aromatic N) is 3. The molecule has 1 aromatic heterocycles. The predicted octanol–water partition coefficient (Wildman–Crippen LogP) is 3.44. The molecule has 0 fully saturated rings. The van der Waals surface area contributed by atoms with Gasteiger partial charge in [0.15, 0.2) is 4.80 Å². The van der Waals surface area contributed by atoms with Gasteiger partial charge in [-0.1, -0.05) is 23.5 Å². The molecule has 0 N–H and O–H groups in total. The Hall–Kier alpha value is -3.85. The fraction of sp³-hybridized carbons (Fsp3) is 0.345. The molecule has 9 heteroatoms. The molecule has 2 heterocycles. The van der Waals surface area contributed by atoms with Crippen molar-refractivity contribution in [2.45, 2.75) is 33.7 Å². The molecule has 0 saturated heterocycles. The van der Waals surface area contributed by atoms with Crippen molar-refractivity contribution in [3.8, 4) is 17.2 Å². The summed E-state index contributed by atoms with van der Waals surface area (Å²) in [5, 5.41) is 0. The monoisotopic (exact) mass is 535 g/mol. The number of ether oxygens (including phenoxy) is 3. The number of thiazole rings is 1. The van der Waals surface area contributed by atoms with Gasteiger partial charge in [0, 0.05) is 18.7 Å². The molecule has 1 aliphatic heterocycles. The van der Waals surface area contributed by atoms with Crippen molar-refractivity contribution in [3.05, 3.63) is 84.0 Å². The van der Waals surface area contributed by atoms with Crippen LogP contribution in [0.4, 0.5) is 0 Å². The summed E-state index contributed by atoms with van der Waals surface area (Å²) in [5.41, 5.74) is 3.27. The average Bonchev–Trinajstić information content (AvgIpc) is 3.22. The number of amides is 1. The van der Waals surface area contributed by atoms with Gasteiger partial charge < -0.3 is 19.1 Å². The molecule has 8 nitrogen and oxygen atoms in total. The van der Waals surface area contributed by atoms with E-state index in [0.29, 0.717) is 50.8 Å². The second-order valence-electron chi connectivity index (χ2n) is 8.90. The number of likely N-dealkylation sites (N-methyl/N-ethyl adjacent to an activating group) is 1. The van der Waals surface area contributed by atoms with Crippen LogP contribution in [0.2, 0.25) is 0 Å². The normalized spacial score (nSPS) is 15.1. The number of hydrogen-bond acceptors (Lipinski definition) is 7. The number of carbonyl (C=O) groups is 1. The van der Waals surface area contributed by atoms with E-state index < -0.39 is 6.04 Å². The van der Waals surface area contributed by atoms with Gasteiger partial charge in [-0.15, -0.1) is 0 Å². The molecule has 0 spiro atoms. The molecule has 0 saturated carbocycles. The van der Waals surface area contributed by atoms with Gasteiger partial charge in [-0.05, 0) is 69.2 Å². The summed E-state index contributed by atoms with van der Waals surface area (Å²) < 4.78 is 18.8. The van der Waals surface area contributed by atoms with Crippen molar-refractivity contribution in [1.82, 2.24) is 9.47 Å². The molecule has 1 amide bonds. The molecule has 0 aliphatic carbocycles. The first-order valence-corrected chi connectivity index (χ1v) is 13.3. The lowest BCUT2D eigenvalue weighted by atomic mass is 9.93. The van der Waals surface area contributed by atoms with Gasteiger partial charge in [0.05, 0.1) is 37.1 Å². The van der Waals surface area contributed by atoms with E-state index in [1.807, 2.05) is 58.0 Å². The minimum absolute atomic E-state index is 0.163. The number of allylic oxidation sites excluding steroid dienone is 1. The minimum atomic E-state index is -0.737. The first kappa shape index (κ1) is 27.2. The molecule has 2 aromatic carbocycles. The highest BCUT2D eigenvalue weighted by molar-refractivity contribution is 7.07. The summed E-state index contributed by atoms with van der Waals surface area (Å²) in [6.45, 7) is 8.72. The van der Waals surface area contributed by atoms with Crippen molar-refractivity contribution in [1.29, 1.82) is 0 Å². The van der Waals surface area contributed by atoms with Crippen LogP contribution in [0, 0.1) is 6.92 Å². The zero-order valence-corrected chi connectivity index (χ0v) is 23.6. The lowest BCUT2D eigenvalue weighted by Crippen LogP contribution is -2.43. The third kappa shape index (κ3) is 4.86. The molecular weight excluding hydrogens is 502 g/mol. The largest absolute Gasteiger partial charge is 0.497 e. The number of rotatable bonds is 8. The summed E-state index contributed by atoms with van der Waals surface area (Å²) >= 11 is 1.29. The Morgan fingerprint density at radius 1 is 1.03 bits per heavy atom. The van der Waals surface area contributed by atoms with Crippen LogP contribution in [0.5, 0.6) is 17.2 Å². The van der Waals surface area contributed by atoms with Crippen molar-refractivity contribution >= 4 is 23.3 Å². The van der Waals surface area contributed by atoms with Gasteiger partial charge in [0.25, 0.3) is 11.5 Å². The van der Waals surface area contributed by atoms with Crippen LogP contribution in [0.15, 0.2) is 57.5 Å². The summed E-state index contributed by atoms with van der Waals surface area (Å²) in [6, 6.07) is 10.5. The molecular formula is C29H33N3O5S. The number of hydrogen-bond donors (Lipinski definition) is 0. The lowest BCUT2D eigenvalue weighted by Gasteiger charge is -2.30. The Bertz CT molecular complexity index is 1580. The second-order valence-corrected chi connectivity index (χ2v) is 9.91. The van der Waals surface area contributed by atoms with Crippen molar-refractivity contribution in [2.75, 3.05) is 34.4 Å². The third-order valence-corrected chi connectivity index (χ3v) is 7.75. The Kier molecular flexibility index (Phi) is 8.06. The maximum Gasteiger partial charge on any atom is 0.271 e. The molecule has 1 atom stereocenters. The van der Waals surface area contributed by atoms with E-state index >= 15 is 0 Å². The number of carbonyl (C=O) groups excluding carboxylic acids is 1. The van der Waals surface area contributed by atoms with Crippen molar-refractivity contribution < 1.29 is 19.0 Å². The van der Waals surface area contributed by atoms with Crippen LogP contribution in [-0.4, -0.2) is 49.8 Å². The second kappa shape index (κ2) is 11.3. The number of benzene rings is 2. The predicted molar refractivity (Wildman–Crippen MR) is 149 cm³/mol. The Labute approximate surface area is 226 Å². The molecule has 0 bridgehead atoms. The van der Waals surface area contributed by atoms with Crippen LogP contribution in [0.1, 0.15) is 43.5 Å². The average molecular weight is 536 g/mol. The first-order valence-electron chi connectivity index (χ1n) is 12.5. The number of aromatic nitrogens is 1. The van der Waals surface area contributed by atoms with Crippen LogP contribution >= 0.6 is 11.3 Å². The molecule has 38 heavy (non-hydrogen) atoms. The first-order chi connectivity index (χ1) is 18.3. The maximum absolute atomic E-state index is 14.0. The van der Waals surface area contributed by atoms with Crippen LogP contribution in [0.3, 0.4) is 0 Å². The number of aryl methyl sites for hydroxylation is 1. The molecule has 0 unspecified atom stereocenters. The molecule has 4 rings (SSSR count). The number of fused-ring (bicyclic) bond motifs is 1. The molecule has 200 valence electrons.